The SMILES string of the molecule is CC/C=C\C/C=C\C/C=C\C/C=C\CCCCCCC(=O)OC(COCCCCCCCC/C=C\CCCCCCCC)COP(=O)(O)OCCN. The number of rotatable bonds is 39. The summed E-state index contributed by atoms with van der Waals surface area (Å²) in [5.74, 6) is -0.357. The van der Waals surface area contributed by atoms with Crippen LogP contribution in [0.5, 0.6) is 0 Å². The van der Waals surface area contributed by atoms with Crippen molar-refractivity contribution < 1.29 is 32.8 Å². The van der Waals surface area contributed by atoms with Crippen molar-refractivity contribution in [3.05, 3.63) is 60.8 Å². The molecule has 52 heavy (non-hydrogen) atoms. The summed E-state index contributed by atoms with van der Waals surface area (Å²) in [5, 5.41) is 0. The molecule has 0 saturated heterocycles. The van der Waals surface area contributed by atoms with Gasteiger partial charge in [-0.2, -0.15) is 0 Å². The molecule has 0 spiro atoms. The number of hydrogen-bond acceptors (Lipinski definition) is 7. The number of esters is 1. The maximum absolute atomic E-state index is 12.6. The molecule has 0 saturated carbocycles. The van der Waals surface area contributed by atoms with Gasteiger partial charge in [0.1, 0.15) is 6.10 Å². The van der Waals surface area contributed by atoms with Crippen molar-refractivity contribution in [2.24, 2.45) is 5.73 Å². The summed E-state index contributed by atoms with van der Waals surface area (Å²) in [4.78, 5) is 22.4. The van der Waals surface area contributed by atoms with E-state index in [2.05, 4.69) is 74.6 Å². The molecule has 0 amide bonds. The van der Waals surface area contributed by atoms with Crippen LogP contribution >= 0.6 is 7.82 Å². The zero-order valence-corrected chi connectivity index (χ0v) is 34.2. The van der Waals surface area contributed by atoms with Gasteiger partial charge in [0.25, 0.3) is 0 Å². The van der Waals surface area contributed by atoms with Crippen molar-refractivity contribution >= 4 is 13.8 Å². The highest BCUT2D eigenvalue weighted by Gasteiger charge is 2.25. The topological polar surface area (TPSA) is 117 Å². The molecule has 3 N–H and O–H groups in total. The average Bonchev–Trinajstić information content (AvgIpc) is 3.13. The van der Waals surface area contributed by atoms with Crippen LogP contribution in [0.1, 0.15) is 168 Å². The summed E-state index contributed by atoms with van der Waals surface area (Å²) in [6, 6.07) is 0. The summed E-state index contributed by atoms with van der Waals surface area (Å²) in [5.41, 5.74) is 5.36. The van der Waals surface area contributed by atoms with Crippen LogP contribution < -0.4 is 5.73 Å². The van der Waals surface area contributed by atoms with E-state index in [1.807, 2.05) is 0 Å². The fourth-order valence-corrected chi connectivity index (χ4v) is 6.16. The van der Waals surface area contributed by atoms with Gasteiger partial charge in [-0.3, -0.25) is 13.8 Å². The summed E-state index contributed by atoms with van der Waals surface area (Å²) in [6.07, 6.45) is 48.0. The van der Waals surface area contributed by atoms with E-state index in [0.29, 0.717) is 6.61 Å². The second kappa shape index (κ2) is 40.4. The van der Waals surface area contributed by atoms with E-state index in [-0.39, 0.29) is 38.8 Å². The van der Waals surface area contributed by atoms with Crippen LogP contribution in [0.4, 0.5) is 0 Å². The van der Waals surface area contributed by atoms with E-state index >= 15 is 0 Å². The third-order valence-corrected chi connectivity index (χ3v) is 9.40. The molecule has 0 heterocycles. The van der Waals surface area contributed by atoms with Crippen LogP contribution in [0.3, 0.4) is 0 Å². The number of unbranched alkanes of at least 4 members (excludes halogenated alkanes) is 16. The third-order valence-electron chi connectivity index (χ3n) is 8.42. The van der Waals surface area contributed by atoms with E-state index in [9.17, 15) is 14.3 Å². The van der Waals surface area contributed by atoms with Crippen molar-refractivity contribution in [1.29, 1.82) is 0 Å². The van der Waals surface area contributed by atoms with Gasteiger partial charge in [0.2, 0.25) is 0 Å². The Morgan fingerprint density at radius 3 is 1.63 bits per heavy atom. The molecule has 0 aliphatic rings. The van der Waals surface area contributed by atoms with Crippen LogP contribution in [0.2, 0.25) is 0 Å². The number of carbonyl (C=O) groups excluding carboxylic acids is 1. The van der Waals surface area contributed by atoms with Crippen molar-refractivity contribution in [3.8, 4) is 0 Å². The van der Waals surface area contributed by atoms with Gasteiger partial charge >= 0.3 is 13.8 Å². The van der Waals surface area contributed by atoms with Crippen molar-refractivity contribution in [3.63, 3.8) is 0 Å². The first-order chi connectivity index (χ1) is 25.4. The summed E-state index contributed by atoms with van der Waals surface area (Å²) < 4.78 is 33.4. The molecule has 0 rings (SSSR count). The molecule has 0 aromatic rings. The van der Waals surface area contributed by atoms with Gasteiger partial charge in [-0.1, -0.05) is 145 Å². The molecule has 302 valence electrons. The van der Waals surface area contributed by atoms with Crippen molar-refractivity contribution in [2.75, 3.05) is 33.0 Å². The monoisotopic (exact) mass is 752 g/mol. The van der Waals surface area contributed by atoms with E-state index in [1.54, 1.807) is 0 Å². The van der Waals surface area contributed by atoms with Crippen molar-refractivity contribution in [2.45, 2.75) is 174 Å². The molecule has 0 bridgehead atoms. The summed E-state index contributed by atoms with van der Waals surface area (Å²) >= 11 is 0. The highest BCUT2D eigenvalue weighted by atomic mass is 31.2. The molecule has 0 radical (unpaired) electrons. The van der Waals surface area contributed by atoms with Gasteiger partial charge in [0.05, 0.1) is 19.8 Å². The van der Waals surface area contributed by atoms with E-state index in [1.165, 1.54) is 77.0 Å². The van der Waals surface area contributed by atoms with Crippen LogP contribution in [0.15, 0.2) is 60.8 Å². The first kappa shape index (κ1) is 50.2. The number of hydrogen-bond donors (Lipinski definition) is 2. The number of nitrogens with two attached hydrogens (primary N) is 1. The minimum Gasteiger partial charge on any atom is -0.457 e. The first-order valence-electron chi connectivity index (χ1n) is 20.8. The normalized spacial score (nSPS) is 14.2. The first-order valence-corrected chi connectivity index (χ1v) is 22.3. The fourth-order valence-electron chi connectivity index (χ4n) is 5.39. The zero-order valence-electron chi connectivity index (χ0n) is 33.3. The van der Waals surface area contributed by atoms with Gasteiger partial charge in [0.15, 0.2) is 0 Å². The molecule has 2 unspecified atom stereocenters. The molecule has 0 fully saturated rings. The minimum atomic E-state index is -4.29. The highest BCUT2D eigenvalue weighted by molar-refractivity contribution is 7.47. The molecule has 8 nitrogen and oxygen atoms in total. The smallest absolute Gasteiger partial charge is 0.457 e. The van der Waals surface area contributed by atoms with Crippen LogP contribution in [-0.2, 0) is 27.9 Å². The number of phosphoric ester groups is 1. The van der Waals surface area contributed by atoms with E-state index in [0.717, 1.165) is 70.6 Å². The Kier molecular flexibility index (Phi) is 39.0. The Morgan fingerprint density at radius 2 is 1.08 bits per heavy atom. The Balaban J connectivity index is 4.12. The van der Waals surface area contributed by atoms with Gasteiger partial charge < -0.3 is 20.1 Å². The van der Waals surface area contributed by atoms with Gasteiger partial charge in [-0.15, -0.1) is 0 Å². The maximum Gasteiger partial charge on any atom is 0.472 e. The number of allylic oxidation sites excluding steroid dienone is 10. The lowest BCUT2D eigenvalue weighted by atomic mass is 10.1. The van der Waals surface area contributed by atoms with E-state index in [4.69, 9.17) is 24.3 Å². The molecule has 0 aromatic heterocycles. The van der Waals surface area contributed by atoms with E-state index < -0.39 is 13.9 Å². The molecular formula is C43H78NO7P. The molecular weight excluding hydrogens is 673 g/mol. The standard InChI is InChI=1S/C43H78NO7P/c1-3-5-7-9-11-13-15-17-19-21-22-24-26-28-30-32-34-36-43(45)51-42(41-50-52(46,47)49-39-37-44)40-48-38-35-33-31-29-27-25-23-20-18-16-14-12-10-8-6-4-2/h5,7,11,13,17-20,22,24,42H,3-4,6,8-10,12,14-16,21,23,25-41,44H2,1-2H3,(H,46,47)/b7-5-,13-11-,19-17-,20-18-,24-22-. The highest BCUT2D eigenvalue weighted by Crippen LogP contribution is 2.43. The Morgan fingerprint density at radius 1 is 0.596 bits per heavy atom. The number of ether oxygens (including phenoxy) is 2. The maximum atomic E-state index is 12.6. The quantitative estimate of drug-likeness (QED) is 0.0276. The minimum absolute atomic E-state index is 0.0925. The lowest BCUT2D eigenvalue weighted by Gasteiger charge is -2.20. The summed E-state index contributed by atoms with van der Waals surface area (Å²) in [7, 11) is -4.29. The second-order valence-corrected chi connectivity index (χ2v) is 14.9. The van der Waals surface area contributed by atoms with Crippen LogP contribution in [-0.4, -0.2) is 49.9 Å². The summed E-state index contributed by atoms with van der Waals surface area (Å²) in [6.45, 7) is 4.74. The molecule has 0 aliphatic carbocycles. The van der Waals surface area contributed by atoms with Gasteiger partial charge in [-0.25, -0.2) is 4.57 Å². The Labute approximate surface area is 319 Å². The fraction of sp³-hybridized carbons (Fsp3) is 0.744. The van der Waals surface area contributed by atoms with Gasteiger partial charge in [0, 0.05) is 19.6 Å². The molecule has 2 atom stereocenters. The lowest BCUT2D eigenvalue weighted by Crippen LogP contribution is -2.28. The molecule has 0 aliphatic heterocycles. The Bertz CT molecular complexity index is 979. The predicted octanol–water partition coefficient (Wildman–Crippen LogP) is 12.2. The lowest BCUT2D eigenvalue weighted by molar-refractivity contribution is -0.154. The van der Waals surface area contributed by atoms with Crippen LogP contribution in [0.25, 0.3) is 0 Å². The van der Waals surface area contributed by atoms with Crippen LogP contribution in [0, 0.1) is 0 Å². The Hall–Kier alpha value is -1.80. The third kappa shape index (κ3) is 39.4. The van der Waals surface area contributed by atoms with Gasteiger partial charge in [-0.05, 0) is 77.0 Å². The largest absolute Gasteiger partial charge is 0.472 e. The zero-order chi connectivity index (χ0) is 38.1. The predicted molar refractivity (Wildman–Crippen MR) is 219 cm³/mol. The van der Waals surface area contributed by atoms with Crippen molar-refractivity contribution in [1.82, 2.24) is 0 Å². The average molecular weight is 752 g/mol. The number of carbonyl (C=O) groups is 1. The molecule has 0 aromatic carbocycles. The second-order valence-electron chi connectivity index (χ2n) is 13.5. The number of phosphoric acid groups is 1. The molecule has 9 heteroatoms.